The zero-order valence-corrected chi connectivity index (χ0v) is 21.0. The van der Waals surface area contributed by atoms with E-state index in [1.54, 1.807) is 7.11 Å². The minimum atomic E-state index is 0. The lowest BCUT2D eigenvalue weighted by Crippen LogP contribution is -2.47. The van der Waals surface area contributed by atoms with Crippen LogP contribution in [-0.4, -0.2) is 67.0 Å². The number of methoxy groups -OCH3 is 1. The molecule has 1 aliphatic rings. The van der Waals surface area contributed by atoms with Crippen LogP contribution in [0.3, 0.4) is 0 Å². The van der Waals surface area contributed by atoms with Crippen LogP contribution in [-0.2, 0) is 29.0 Å². The predicted octanol–water partition coefficient (Wildman–Crippen LogP) is 3.34. The Balaban J connectivity index is 0.00000341. The number of hydrogen-bond acceptors (Lipinski definition) is 4. The molecule has 0 bridgehead atoms. The molecule has 0 amide bonds. The maximum absolute atomic E-state index is 5.96. The number of aryl methyl sites for hydroxylation is 2. The average molecular weight is 541 g/mol. The molecule has 1 saturated heterocycles. The highest BCUT2D eigenvalue weighted by molar-refractivity contribution is 14.0. The summed E-state index contributed by atoms with van der Waals surface area (Å²) in [5.41, 5.74) is 1.34. The molecule has 0 saturated carbocycles. The number of nitrogens with zero attached hydrogens (tertiary/aromatic N) is 4. The van der Waals surface area contributed by atoms with Crippen molar-refractivity contribution in [3.8, 4) is 0 Å². The van der Waals surface area contributed by atoms with Crippen LogP contribution in [0.15, 0.2) is 47.7 Å². The van der Waals surface area contributed by atoms with Crippen molar-refractivity contribution in [2.75, 3.05) is 40.5 Å². The van der Waals surface area contributed by atoms with E-state index in [0.29, 0.717) is 12.6 Å². The van der Waals surface area contributed by atoms with Gasteiger partial charge in [0.2, 0.25) is 0 Å². The number of rotatable bonds is 10. The lowest BCUT2D eigenvalue weighted by molar-refractivity contribution is 0.00989. The van der Waals surface area contributed by atoms with Gasteiger partial charge in [0.05, 0.1) is 12.6 Å². The Hall–Kier alpha value is -1.65. The molecule has 1 N–H and O–H groups in total. The van der Waals surface area contributed by atoms with Gasteiger partial charge in [-0.3, -0.25) is 4.99 Å². The summed E-state index contributed by atoms with van der Waals surface area (Å²) < 4.78 is 13.3. The van der Waals surface area contributed by atoms with Gasteiger partial charge in [0.25, 0.3) is 0 Å². The number of halogens is 1. The Morgan fingerprint density at radius 2 is 1.97 bits per heavy atom. The van der Waals surface area contributed by atoms with E-state index in [0.717, 1.165) is 70.3 Å². The number of aromatic nitrogens is 2. The van der Waals surface area contributed by atoms with Gasteiger partial charge in [-0.2, -0.15) is 0 Å². The van der Waals surface area contributed by atoms with Crippen LogP contribution in [0.5, 0.6) is 0 Å². The second-order valence-electron chi connectivity index (χ2n) is 7.58. The predicted molar refractivity (Wildman–Crippen MR) is 135 cm³/mol. The summed E-state index contributed by atoms with van der Waals surface area (Å²) in [5.74, 6) is 1.97. The number of benzene rings is 1. The molecule has 0 spiro atoms. The van der Waals surface area contributed by atoms with Gasteiger partial charge in [0.15, 0.2) is 5.96 Å². The largest absolute Gasteiger partial charge is 0.385 e. The van der Waals surface area contributed by atoms with E-state index in [-0.39, 0.29) is 24.0 Å². The van der Waals surface area contributed by atoms with Crippen molar-refractivity contribution in [1.82, 2.24) is 19.8 Å². The molecular weight excluding hydrogens is 505 g/mol. The van der Waals surface area contributed by atoms with Gasteiger partial charge in [0.1, 0.15) is 5.82 Å². The van der Waals surface area contributed by atoms with E-state index in [1.807, 2.05) is 13.2 Å². The van der Waals surface area contributed by atoms with Gasteiger partial charge >= 0.3 is 0 Å². The molecule has 7 nitrogen and oxygen atoms in total. The Morgan fingerprint density at radius 3 is 2.68 bits per heavy atom. The number of hydrogen-bond donors (Lipinski definition) is 1. The number of aliphatic imine (C=N–C) groups is 1. The second-order valence-corrected chi connectivity index (χ2v) is 7.58. The van der Waals surface area contributed by atoms with Gasteiger partial charge in [-0.15, -0.1) is 24.0 Å². The summed E-state index contributed by atoms with van der Waals surface area (Å²) in [4.78, 5) is 11.3. The Bertz CT molecular complexity index is 760. The van der Waals surface area contributed by atoms with Crippen molar-refractivity contribution in [3.05, 3.63) is 54.1 Å². The van der Waals surface area contributed by atoms with Crippen LogP contribution in [0, 0.1) is 0 Å². The lowest BCUT2D eigenvalue weighted by Gasteiger charge is -2.34. The third kappa shape index (κ3) is 8.42. The molecule has 1 aromatic carbocycles. The highest BCUT2D eigenvalue weighted by Crippen LogP contribution is 2.14. The average Bonchev–Trinajstić information content (AvgIpc) is 3.25. The van der Waals surface area contributed by atoms with E-state index >= 15 is 0 Å². The fourth-order valence-corrected chi connectivity index (χ4v) is 3.78. The van der Waals surface area contributed by atoms with Crippen molar-refractivity contribution in [1.29, 1.82) is 0 Å². The monoisotopic (exact) mass is 541 g/mol. The molecule has 0 unspecified atom stereocenters. The van der Waals surface area contributed by atoms with Gasteiger partial charge < -0.3 is 24.3 Å². The number of piperidine rings is 1. The lowest BCUT2D eigenvalue weighted by atomic mass is 10.1. The summed E-state index contributed by atoms with van der Waals surface area (Å²) in [7, 11) is 3.57. The fourth-order valence-electron chi connectivity index (χ4n) is 3.78. The second kappa shape index (κ2) is 14.4. The maximum atomic E-state index is 5.96. The van der Waals surface area contributed by atoms with Crippen LogP contribution in [0.4, 0.5) is 0 Å². The zero-order valence-electron chi connectivity index (χ0n) is 18.7. The minimum Gasteiger partial charge on any atom is -0.385 e. The van der Waals surface area contributed by atoms with Crippen LogP contribution in [0.2, 0.25) is 0 Å². The molecule has 1 fully saturated rings. The first-order valence-electron chi connectivity index (χ1n) is 10.9. The van der Waals surface area contributed by atoms with Crippen LogP contribution < -0.4 is 5.32 Å². The van der Waals surface area contributed by atoms with Crippen LogP contribution in [0.25, 0.3) is 0 Å². The van der Waals surface area contributed by atoms with E-state index < -0.39 is 0 Å². The summed E-state index contributed by atoms with van der Waals surface area (Å²) in [5, 5.41) is 3.49. The SMILES string of the molecule is CN=C(NCc1nccn1CCc1ccccc1)N1CCC(OCCCOC)CC1.I. The number of ether oxygens (including phenoxy) is 2. The number of imidazole rings is 1. The molecule has 0 aliphatic carbocycles. The van der Waals surface area contributed by atoms with Gasteiger partial charge in [-0.05, 0) is 31.2 Å². The third-order valence-corrected chi connectivity index (χ3v) is 5.49. The smallest absolute Gasteiger partial charge is 0.194 e. The molecule has 2 aromatic rings. The van der Waals surface area contributed by atoms with Gasteiger partial charge in [-0.25, -0.2) is 4.98 Å². The zero-order chi connectivity index (χ0) is 21.0. The standard InChI is InChI=1S/C23H35N5O2.HI/c1-24-23(28-14-10-21(11-15-28)30-18-6-17-29-2)26-19-22-25-12-16-27(22)13-9-20-7-4-3-5-8-20;/h3-5,7-8,12,16,21H,6,9-11,13-15,17-19H2,1-2H3,(H,24,26);1H. The highest BCUT2D eigenvalue weighted by atomic mass is 127. The first kappa shape index (κ1) is 25.6. The number of likely N-dealkylation sites (tertiary alicyclic amines) is 1. The molecular formula is C23H36IN5O2. The molecule has 0 radical (unpaired) electrons. The van der Waals surface area contributed by atoms with Gasteiger partial charge in [-0.1, -0.05) is 30.3 Å². The van der Waals surface area contributed by atoms with Crippen LogP contribution in [0.1, 0.15) is 30.7 Å². The van der Waals surface area contributed by atoms with Gasteiger partial charge in [0, 0.05) is 59.4 Å². The topological polar surface area (TPSA) is 63.9 Å². The molecule has 31 heavy (non-hydrogen) atoms. The molecule has 1 aliphatic heterocycles. The van der Waals surface area contributed by atoms with E-state index in [1.165, 1.54) is 5.56 Å². The molecule has 172 valence electrons. The fraction of sp³-hybridized carbons (Fsp3) is 0.565. The molecule has 8 heteroatoms. The summed E-state index contributed by atoms with van der Waals surface area (Å²) >= 11 is 0. The van der Waals surface area contributed by atoms with Crippen molar-refractivity contribution in [2.24, 2.45) is 4.99 Å². The third-order valence-electron chi connectivity index (χ3n) is 5.49. The van der Waals surface area contributed by atoms with E-state index in [4.69, 9.17) is 9.47 Å². The van der Waals surface area contributed by atoms with Crippen molar-refractivity contribution in [2.45, 2.75) is 44.9 Å². The number of nitrogens with one attached hydrogen (secondary N) is 1. The highest BCUT2D eigenvalue weighted by Gasteiger charge is 2.22. The maximum Gasteiger partial charge on any atom is 0.194 e. The minimum absolute atomic E-state index is 0. The van der Waals surface area contributed by atoms with E-state index in [9.17, 15) is 0 Å². The Labute approximate surface area is 203 Å². The van der Waals surface area contributed by atoms with E-state index in [2.05, 4.69) is 61.3 Å². The first-order valence-corrected chi connectivity index (χ1v) is 10.9. The Morgan fingerprint density at radius 1 is 1.19 bits per heavy atom. The normalized spacial score (nSPS) is 15.0. The number of guanidine groups is 1. The molecule has 2 heterocycles. The molecule has 1 aromatic heterocycles. The van der Waals surface area contributed by atoms with Crippen molar-refractivity contribution >= 4 is 29.9 Å². The molecule has 3 rings (SSSR count). The summed E-state index contributed by atoms with van der Waals surface area (Å²) in [6.45, 7) is 5.04. The summed E-state index contributed by atoms with van der Waals surface area (Å²) in [6, 6.07) is 10.6. The molecule has 0 atom stereocenters. The van der Waals surface area contributed by atoms with Crippen LogP contribution >= 0.6 is 24.0 Å². The Kier molecular flexibility index (Phi) is 11.9. The first-order chi connectivity index (χ1) is 14.8. The van der Waals surface area contributed by atoms with Crippen molar-refractivity contribution < 1.29 is 9.47 Å². The quantitative estimate of drug-likeness (QED) is 0.217. The summed E-state index contributed by atoms with van der Waals surface area (Å²) in [6.07, 6.45) is 8.27. The van der Waals surface area contributed by atoms with Crippen molar-refractivity contribution in [3.63, 3.8) is 0 Å².